The van der Waals surface area contributed by atoms with Crippen molar-refractivity contribution in [3.63, 3.8) is 0 Å². The first-order chi connectivity index (χ1) is 11.1. The summed E-state index contributed by atoms with van der Waals surface area (Å²) in [5.41, 5.74) is 0.765. The molecule has 2 nitrogen and oxygen atoms in total. The number of carbonyl (C=O) groups is 2. The molecule has 0 unspecified atom stereocenters. The van der Waals surface area contributed by atoms with Crippen LogP contribution in [0.15, 0.2) is 48.5 Å². The van der Waals surface area contributed by atoms with Gasteiger partial charge in [0.05, 0.1) is 0 Å². The summed E-state index contributed by atoms with van der Waals surface area (Å²) < 4.78 is 0. The molecule has 3 heteroatoms. The van der Waals surface area contributed by atoms with E-state index in [1.54, 1.807) is 24.3 Å². The Morgan fingerprint density at radius 2 is 1.43 bits per heavy atom. The second-order valence-corrected chi connectivity index (χ2v) is 6.51. The molecule has 23 heavy (non-hydrogen) atoms. The average Bonchev–Trinajstić information content (AvgIpc) is 2.79. The van der Waals surface area contributed by atoms with Crippen LogP contribution in [0.2, 0.25) is 5.02 Å². The third kappa shape index (κ3) is 2.51. The van der Waals surface area contributed by atoms with Gasteiger partial charge in [0.1, 0.15) is 5.41 Å². The van der Waals surface area contributed by atoms with Gasteiger partial charge in [0.15, 0.2) is 11.6 Å². The zero-order valence-electron chi connectivity index (χ0n) is 13.1. The zero-order valence-corrected chi connectivity index (χ0v) is 13.9. The maximum atomic E-state index is 13.2. The van der Waals surface area contributed by atoms with Gasteiger partial charge >= 0.3 is 0 Å². The van der Waals surface area contributed by atoms with Gasteiger partial charge in [-0.25, -0.2) is 0 Å². The van der Waals surface area contributed by atoms with Gasteiger partial charge < -0.3 is 0 Å². The summed E-state index contributed by atoms with van der Waals surface area (Å²) >= 11 is 5.98. The van der Waals surface area contributed by atoms with Crippen molar-refractivity contribution in [2.75, 3.05) is 0 Å². The monoisotopic (exact) mass is 326 g/mol. The van der Waals surface area contributed by atoms with Crippen molar-refractivity contribution in [3.8, 4) is 0 Å². The third-order valence-electron chi connectivity index (χ3n) is 4.68. The number of fused-ring (bicyclic) bond motifs is 1. The van der Waals surface area contributed by atoms with Crippen LogP contribution in [0, 0.1) is 0 Å². The normalized spacial score (nSPS) is 15.7. The van der Waals surface area contributed by atoms with Gasteiger partial charge in [0.2, 0.25) is 0 Å². The van der Waals surface area contributed by atoms with Crippen molar-refractivity contribution >= 4 is 23.2 Å². The molecule has 2 aromatic rings. The minimum Gasteiger partial charge on any atom is -0.293 e. The van der Waals surface area contributed by atoms with Gasteiger partial charge in [-0.2, -0.15) is 0 Å². The second-order valence-electron chi connectivity index (χ2n) is 6.07. The molecule has 0 spiro atoms. The van der Waals surface area contributed by atoms with Crippen LogP contribution in [0.5, 0.6) is 0 Å². The lowest BCUT2D eigenvalue weighted by Crippen LogP contribution is -2.38. The molecular formula is C20H19ClO2. The molecule has 118 valence electrons. The molecule has 0 saturated carbocycles. The summed E-state index contributed by atoms with van der Waals surface area (Å²) in [5.74, 6) is -0.145. The lowest BCUT2D eigenvalue weighted by Gasteiger charge is -2.26. The Kier molecular flexibility index (Phi) is 4.36. The molecule has 0 saturated heterocycles. The van der Waals surface area contributed by atoms with E-state index in [-0.39, 0.29) is 11.6 Å². The summed E-state index contributed by atoms with van der Waals surface area (Å²) in [4.78, 5) is 26.3. The molecule has 0 N–H and O–H groups in total. The van der Waals surface area contributed by atoms with Crippen molar-refractivity contribution in [2.45, 2.75) is 38.0 Å². The van der Waals surface area contributed by atoms with E-state index >= 15 is 0 Å². The van der Waals surface area contributed by atoms with Crippen LogP contribution < -0.4 is 0 Å². The second kappa shape index (κ2) is 6.29. The van der Waals surface area contributed by atoms with Gasteiger partial charge in [-0.1, -0.05) is 74.2 Å². The maximum Gasteiger partial charge on any atom is 0.181 e. The number of unbranched alkanes of at least 4 members (excludes halogenated alkanes) is 2. The number of halogens is 1. The van der Waals surface area contributed by atoms with E-state index in [1.165, 1.54) is 0 Å². The smallest absolute Gasteiger partial charge is 0.181 e. The molecule has 0 atom stereocenters. The van der Waals surface area contributed by atoms with Crippen LogP contribution in [0.1, 0.15) is 58.9 Å². The summed E-state index contributed by atoms with van der Waals surface area (Å²) in [6.07, 6.45) is 3.46. The molecule has 3 rings (SSSR count). The third-order valence-corrected chi connectivity index (χ3v) is 4.94. The number of hydrogen-bond acceptors (Lipinski definition) is 2. The quantitative estimate of drug-likeness (QED) is 0.556. The largest absolute Gasteiger partial charge is 0.293 e. The predicted molar refractivity (Wildman–Crippen MR) is 92.4 cm³/mol. The summed E-state index contributed by atoms with van der Waals surface area (Å²) in [7, 11) is 0. The Morgan fingerprint density at radius 3 is 1.96 bits per heavy atom. The highest BCUT2D eigenvalue weighted by molar-refractivity contribution is 6.33. The number of benzene rings is 2. The van der Waals surface area contributed by atoms with Gasteiger partial charge in [-0.15, -0.1) is 0 Å². The first-order valence-corrected chi connectivity index (χ1v) is 8.43. The van der Waals surface area contributed by atoms with E-state index in [4.69, 9.17) is 11.6 Å². The molecule has 2 aromatic carbocycles. The minimum absolute atomic E-state index is 0.0727. The van der Waals surface area contributed by atoms with Crippen LogP contribution in [0.3, 0.4) is 0 Å². The van der Waals surface area contributed by atoms with Crippen molar-refractivity contribution in [2.24, 2.45) is 0 Å². The molecule has 0 radical (unpaired) electrons. The molecule has 1 aliphatic carbocycles. The van der Waals surface area contributed by atoms with Gasteiger partial charge in [-0.3, -0.25) is 9.59 Å². The molecule has 0 aromatic heterocycles. The van der Waals surface area contributed by atoms with E-state index < -0.39 is 5.41 Å². The first-order valence-electron chi connectivity index (χ1n) is 8.06. The Labute approximate surface area is 141 Å². The first kappa shape index (κ1) is 15.9. The Hall–Kier alpha value is -1.93. The summed E-state index contributed by atoms with van der Waals surface area (Å²) in [5, 5.41) is 0.605. The molecular weight excluding hydrogens is 308 g/mol. The van der Waals surface area contributed by atoms with Crippen molar-refractivity contribution in [3.05, 3.63) is 70.2 Å². The van der Waals surface area contributed by atoms with Gasteiger partial charge in [-0.05, 0) is 24.1 Å². The Bertz CT molecular complexity index is 711. The van der Waals surface area contributed by atoms with Gasteiger partial charge in [0.25, 0.3) is 0 Å². The lowest BCUT2D eigenvalue weighted by molar-refractivity contribution is 0.0781. The number of carbonyl (C=O) groups excluding carboxylic acids is 2. The van der Waals surface area contributed by atoms with Gasteiger partial charge in [0, 0.05) is 16.1 Å². The number of rotatable bonds is 5. The molecule has 0 amide bonds. The summed E-state index contributed by atoms with van der Waals surface area (Å²) in [6.45, 7) is 2.11. The zero-order chi connectivity index (χ0) is 16.4. The molecule has 0 aliphatic heterocycles. The Balaban J connectivity index is 2.12. The van der Waals surface area contributed by atoms with E-state index in [1.807, 2.05) is 24.3 Å². The fraction of sp³-hybridized carbons (Fsp3) is 0.300. The number of Topliss-reactive ketones (excluding diaryl/α,β-unsaturated/α-hetero) is 2. The molecule has 0 bridgehead atoms. The standard InChI is InChI=1S/C20H19ClO2/c1-2-3-6-13-20(14-9-11-15(21)12-10-14)18(22)16-7-4-5-8-17(16)19(20)23/h4-5,7-12H,2-3,6,13H2,1H3. The van der Waals surface area contributed by atoms with Crippen LogP contribution in [0.4, 0.5) is 0 Å². The lowest BCUT2D eigenvalue weighted by atomic mass is 9.72. The fourth-order valence-electron chi connectivity index (χ4n) is 3.45. The topological polar surface area (TPSA) is 34.1 Å². The van der Waals surface area contributed by atoms with Crippen LogP contribution in [0.25, 0.3) is 0 Å². The SMILES string of the molecule is CCCCCC1(c2ccc(Cl)cc2)C(=O)c2ccccc2C1=O. The number of hydrogen-bond donors (Lipinski definition) is 0. The highest BCUT2D eigenvalue weighted by Crippen LogP contribution is 2.43. The fourth-order valence-corrected chi connectivity index (χ4v) is 3.58. The van der Waals surface area contributed by atoms with E-state index in [9.17, 15) is 9.59 Å². The van der Waals surface area contributed by atoms with E-state index in [2.05, 4.69) is 6.92 Å². The summed E-state index contributed by atoms with van der Waals surface area (Å²) in [6, 6.07) is 14.3. The molecule has 0 heterocycles. The van der Waals surface area contributed by atoms with E-state index in [0.29, 0.717) is 22.6 Å². The highest BCUT2D eigenvalue weighted by atomic mass is 35.5. The van der Waals surface area contributed by atoms with Crippen LogP contribution in [-0.2, 0) is 5.41 Å². The number of ketones is 2. The molecule has 0 fully saturated rings. The maximum absolute atomic E-state index is 13.2. The van der Waals surface area contributed by atoms with Crippen molar-refractivity contribution in [1.29, 1.82) is 0 Å². The van der Waals surface area contributed by atoms with E-state index in [0.717, 1.165) is 24.8 Å². The molecule has 1 aliphatic rings. The highest BCUT2D eigenvalue weighted by Gasteiger charge is 2.53. The minimum atomic E-state index is -1.08. The van der Waals surface area contributed by atoms with Crippen LogP contribution >= 0.6 is 11.6 Å². The Morgan fingerprint density at radius 1 is 0.870 bits per heavy atom. The average molecular weight is 327 g/mol. The van der Waals surface area contributed by atoms with Crippen molar-refractivity contribution < 1.29 is 9.59 Å². The predicted octanol–water partition coefficient (Wildman–Crippen LogP) is 5.24. The van der Waals surface area contributed by atoms with Crippen molar-refractivity contribution in [1.82, 2.24) is 0 Å². The van der Waals surface area contributed by atoms with Crippen LogP contribution in [-0.4, -0.2) is 11.6 Å².